The molecule has 4 aliphatic rings. The van der Waals surface area contributed by atoms with E-state index in [1.165, 1.54) is 76.3 Å². The zero-order chi connectivity index (χ0) is 54.3. The highest BCUT2D eigenvalue weighted by Crippen LogP contribution is 2.55. The average molecular weight is 1050 g/mol. The Bertz CT molecular complexity index is 4160. The molecule has 4 heterocycles. The smallest absolute Gasteiger partial charge is 0.337 e. The molecule has 11 aromatic rings. The van der Waals surface area contributed by atoms with E-state index in [0.717, 1.165) is 63.9 Å². The summed E-state index contributed by atoms with van der Waals surface area (Å²) in [5, 5.41) is 6.72. The molecule has 0 radical (unpaired) electrons. The van der Waals surface area contributed by atoms with Crippen LogP contribution in [0.2, 0.25) is 0 Å². The SMILES string of the molecule is CC(C)(C)c1ccc(N2c3cc(N(c4ccccc4)c4ccccc4)cc4c3B(c3c2oc2cc5c(cc32)C(C)(C)CCC5(C)C)N2c3ccccc3[Si](c3ccccc3)(c3ccccc3)c3cccc-4c32)c(-c2ccccc2)c1. The number of benzene rings is 10. The van der Waals surface area contributed by atoms with Crippen molar-refractivity contribution in [2.45, 2.75) is 77.6 Å². The third-order valence-electron chi connectivity index (χ3n) is 18.5. The van der Waals surface area contributed by atoms with Crippen LogP contribution < -0.4 is 46.3 Å². The second-order valence-electron chi connectivity index (χ2n) is 25.1. The van der Waals surface area contributed by atoms with Crippen LogP contribution in [0.5, 0.6) is 0 Å². The van der Waals surface area contributed by atoms with E-state index in [-0.39, 0.29) is 23.1 Å². The zero-order valence-corrected chi connectivity index (χ0v) is 47.8. The van der Waals surface area contributed by atoms with Crippen LogP contribution in [-0.2, 0) is 16.2 Å². The van der Waals surface area contributed by atoms with E-state index in [1.807, 2.05) is 0 Å². The third kappa shape index (κ3) is 7.07. The summed E-state index contributed by atoms with van der Waals surface area (Å²) in [5.74, 6) is 0.865. The standard InChI is InChI=1S/C74H64BN3OSi/c1-72(2,3)50-40-41-62(57(44-50)49-26-13-8-14-27-49)77-64-46-53(76(51-28-15-9-16-29-51)52-30-17-10-18-31-52)45-58-56-36-25-39-67-70(56)78(63-37-23-24-38-66(63)80(67,54-32-19-11-20-33-54)55-34-21-12-22-35-55)75(68(58)64)69-59-47-60-61(48-65(59)79-71(69)77)74(6,7)43-42-73(60,4)5/h8-41,44-48H,42-43H2,1-7H3. The molecule has 1 aromatic heterocycles. The molecule has 15 rings (SSSR count). The van der Waals surface area contributed by atoms with Crippen LogP contribution in [0.1, 0.15) is 78.0 Å². The molecule has 0 saturated carbocycles. The van der Waals surface area contributed by atoms with E-state index in [2.05, 4.69) is 300 Å². The Morgan fingerprint density at radius 3 is 1.66 bits per heavy atom. The molecule has 80 heavy (non-hydrogen) atoms. The van der Waals surface area contributed by atoms with E-state index in [4.69, 9.17) is 4.42 Å². The van der Waals surface area contributed by atoms with Crippen molar-refractivity contribution in [3.63, 3.8) is 0 Å². The summed E-state index contributed by atoms with van der Waals surface area (Å²) in [4.78, 5) is 7.75. The summed E-state index contributed by atoms with van der Waals surface area (Å²) in [6, 6.07) is 89.6. The predicted octanol–water partition coefficient (Wildman–Crippen LogP) is 15.6. The first kappa shape index (κ1) is 48.5. The maximum absolute atomic E-state index is 7.89. The van der Waals surface area contributed by atoms with Crippen molar-refractivity contribution >= 4 is 103 Å². The van der Waals surface area contributed by atoms with Crippen molar-refractivity contribution in [2.75, 3.05) is 14.6 Å². The first-order valence-electron chi connectivity index (χ1n) is 28.7. The predicted molar refractivity (Wildman–Crippen MR) is 341 cm³/mol. The lowest BCUT2D eigenvalue weighted by Gasteiger charge is -2.51. The Morgan fingerprint density at radius 2 is 1.04 bits per heavy atom. The van der Waals surface area contributed by atoms with Crippen molar-refractivity contribution in [3.05, 3.63) is 253 Å². The average Bonchev–Trinajstić information content (AvgIpc) is 3.94. The van der Waals surface area contributed by atoms with E-state index in [9.17, 15) is 0 Å². The van der Waals surface area contributed by atoms with Crippen LogP contribution in [0, 0.1) is 0 Å². The highest BCUT2D eigenvalue weighted by molar-refractivity contribution is 7.22. The van der Waals surface area contributed by atoms with E-state index >= 15 is 0 Å². The van der Waals surface area contributed by atoms with Gasteiger partial charge in [-0.2, -0.15) is 0 Å². The molecule has 6 heteroatoms. The Morgan fingerprint density at radius 1 is 0.475 bits per heavy atom. The fourth-order valence-corrected chi connectivity index (χ4v) is 19.6. The van der Waals surface area contributed by atoms with Gasteiger partial charge < -0.3 is 14.1 Å². The summed E-state index contributed by atoms with van der Waals surface area (Å²) in [6.45, 7) is 16.5. The number of rotatable bonds is 7. The Balaban J connectivity index is 1.14. The molecule has 0 fully saturated rings. The lowest BCUT2D eigenvalue weighted by molar-refractivity contribution is 0.332. The number of anilines is 8. The molecule has 4 nitrogen and oxygen atoms in total. The van der Waals surface area contributed by atoms with Gasteiger partial charge in [0.1, 0.15) is 5.58 Å². The lowest BCUT2D eigenvalue weighted by atomic mass is 9.43. The number of furan rings is 1. The molecule has 0 saturated heterocycles. The maximum Gasteiger partial charge on any atom is 0.337 e. The second kappa shape index (κ2) is 17.7. The minimum atomic E-state index is -3.03. The fraction of sp³-hybridized carbons (Fsp3) is 0.162. The van der Waals surface area contributed by atoms with Crippen molar-refractivity contribution in [1.82, 2.24) is 0 Å². The molecule has 388 valence electrons. The number of fused-ring (bicyclic) bond motifs is 9. The lowest BCUT2D eigenvalue weighted by Crippen LogP contribution is -2.79. The van der Waals surface area contributed by atoms with Gasteiger partial charge in [-0.1, -0.05) is 218 Å². The van der Waals surface area contributed by atoms with Crippen molar-refractivity contribution in [1.29, 1.82) is 0 Å². The van der Waals surface area contributed by atoms with Crippen LogP contribution in [0.15, 0.2) is 241 Å². The van der Waals surface area contributed by atoms with Gasteiger partial charge in [0.05, 0.1) is 5.69 Å². The number of nitrogens with zero attached hydrogens (tertiary/aromatic N) is 3. The van der Waals surface area contributed by atoms with Gasteiger partial charge in [-0.25, -0.2) is 0 Å². The van der Waals surface area contributed by atoms with Gasteiger partial charge in [0, 0.05) is 56.1 Å². The first-order valence-corrected chi connectivity index (χ1v) is 30.7. The molecule has 3 aliphatic heterocycles. The molecule has 0 bridgehead atoms. The van der Waals surface area contributed by atoms with E-state index in [1.54, 1.807) is 0 Å². The molecule has 10 aromatic carbocycles. The minimum Gasteiger partial charge on any atom is -0.440 e. The molecule has 0 spiro atoms. The van der Waals surface area contributed by atoms with E-state index in [0.29, 0.717) is 0 Å². The highest BCUT2D eigenvalue weighted by atomic mass is 28.3. The summed E-state index contributed by atoms with van der Waals surface area (Å²) >= 11 is 0. The second-order valence-corrected chi connectivity index (χ2v) is 28.8. The Kier molecular flexibility index (Phi) is 10.7. The Labute approximate surface area is 472 Å². The van der Waals surface area contributed by atoms with Crippen molar-refractivity contribution < 1.29 is 4.42 Å². The van der Waals surface area contributed by atoms with Gasteiger partial charge in [-0.05, 0) is 150 Å². The largest absolute Gasteiger partial charge is 0.440 e. The monoisotopic (exact) mass is 1050 g/mol. The molecule has 1 aliphatic carbocycles. The number of hydrogen-bond donors (Lipinski definition) is 0. The molecule has 0 atom stereocenters. The van der Waals surface area contributed by atoms with Gasteiger partial charge in [-0.3, -0.25) is 4.90 Å². The van der Waals surface area contributed by atoms with Crippen LogP contribution in [0.3, 0.4) is 0 Å². The summed E-state index contributed by atoms with van der Waals surface area (Å²) in [7, 11) is -3.03. The van der Waals surface area contributed by atoms with Crippen LogP contribution in [0.4, 0.5) is 45.7 Å². The van der Waals surface area contributed by atoms with Gasteiger partial charge >= 0.3 is 6.85 Å². The van der Waals surface area contributed by atoms with Gasteiger partial charge in [0.15, 0.2) is 8.07 Å². The normalized spacial score (nSPS) is 15.8. The maximum atomic E-state index is 7.89. The number of para-hydroxylation sites is 4. The molecular weight excluding hydrogens is 986 g/mol. The fourth-order valence-electron chi connectivity index (χ4n) is 14.5. The molecule has 0 N–H and O–H groups in total. The Hall–Kier alpha value is -8.58. The summed E-state index contributed by atoms with van der Waals surface area (Å²) in [5.41, 5.74) is 20.1. The van der Waals surface area contributed by atoms with Crippen LogP contribution in [-0.4, -0.2) is 14.9 Å². The van der Waals surface area contributed by atoms with Crippen molar-refractivity contribution in [3.8, 4) is 22.3 Å². The quantitative estimate of drug-likeness (QED) is 0.148. The molecule has 0 unspecified atom stereocenters. The van der Waals surface area contributed by atoms with Crippen LogP contribution in [0.25, 0.3) is 33.2 Å². The molecule has 0 amide bonds. The van der Waals surface area contributed by atoms with Crippen molar-refractivity contribution in [2.24, 2.45) is 0 Å². The minimum absolute atomic E-state index is 0.0218. The topological polar surface area (TPSA) is 22.9 Å². The van der Waals surface area contributed by atoms with Crippen LogP contribution >= 0.6 is 0 Å². The highest BCUT2D eigenvalue weighted by Gasteiger charge is 2.56. The van der Waals surface area contributed by atoms with Gasteiger partial charge in [0.25, 0.3) is 0 Å². The summed E-state index contributed by atoms with van der Waals surface area (Å²) in [6.07, 6.45) is 2.23. The van der Waals surface area contributed by atoms with Gasteiger partial charge in [-0.15, -0.1) is 0 Å². The third-order valence-corrected chi connectivity index (χ3v) is 23.3. The summed E-state index contributed by atoms with van der Waals surface area (Å²) < 4.78 is 7.89. The van der Waals surface area contributed by atoms with Gasteiger partial charge in [0.2, 0.25) is 5.88 Å². The van der Waals surface area contributed by atoms with E-state index < -0.39 is 8.07 Å². The number of hydrogen-bond acceptors (Lipinski definition) is 4. The first-order chi connectivity index (χ1) is 38.8. The molecular formula is C74H64BN3OSi. The zero-order valence-electron chi connectivity index (χ0n) is 46.8.